The summed E-state index contributed by atoms with van der Waals surface area (Å²) in [7, 11) is 0. The fourth-order valence-electron chi connectivity index (χ4n) is 2.80. The average molecular weight is 354 g/mol. The van der Waals surface area contributed by atoms with E-state index in [0.29, 0.717) is 6.54 Å². The number of hydrogen-bond donors (Lipinski definition) is 1. The van der Waals surface area contributed by atoms with Gasteiger partial charge in [0.15, 0.2) is 0 Å². The number of carbonyl (C=O) groups excluding carboxylic acids is 2. The lowest BCUT2D eigenvalue weighted by Gasteiger charge is -2.32. The number of amides is 2. The summed E-state index contributed by atoms with van der Waals surface area (Å²) in [5.41, 5.74) is 3.06. The molecule has 25 heavy (non-hydrogen) atoms. The molecule has 5 heteroatoms. The zero-order valence-corrected chi connectivity index (χ0v) is 15.3. The molecular weight excluding hydrogens is 332 g/mol. The standard InChI is InChI=1S/C20H22N2O2S/c1-3-17-20(24)22(16-6-4-5-7-18(16)25-17)13-19(23)21-12-15-10-8-14(2)9-11-15/h4-11,17H,3,12-13H2,1-2H3,(H,21,23)/t17-/m1/s1. The maximum Gasteiger partial charge on any atom is 0.240 e. The normalized spacial score (nSPS) is 16.5. The van der Waals surface area contributed by atoms with E-state index in [9.17, 15) is 9.59 Å². The Labute approximate surface area is 152 Å². The number of anilines is 1. The molecule has 0 aromatic heterocycles. The van der Waals surface area contributed by atoms with Gasteiger partial charge >= 0.3 is 0 Å². The van der Waals surface area contributed by atoms with Gasteiger partial charge in [0.1, 0.15) is 6.54 Å². The molecule has 130 valence electrons. The molecule has 0 spiro atoms. The molecule has 0 radical (unpaired) electrons. The SMILES string of the molecule is CC[C@H]1Sc2ccccc2N(CC(=O)NCc2ccc(C)cc2)C1=O. The number of thioether (sulfide) groups is 1. The van der Waals surface area contributed by atoms with Gasteiger partial charge in [0, 0.05) is 11.4 Å². The third kappa shape index (κ3) is 4.04. The van der Waals surface area contributed by atoms with Crippen LogP contribution < -0.4 is 10.2 Å². The van der Waals surface area contributed by atoms with Gasteiger partial charge in [0.25, 0.3) is 0 Å². The van der Waals surface area contributed by atoms with Gasteiger partial charge in [0.05, 0.1) is 10.9 Å². The van der Waals surface area contributed by atoms with Gasteiger partial charge in [0.2, 0.25) is 11.8 Å². The summed E-state index contributed by atoms with van der Waals surface area (Å²) in [6.07, 6.45) is 0.749. The molecule has 1 aliphatic heterocycles. The van der Waals surface area contributed by atoms with E-state index in [1.807, 2.05) is 62.4 Å². The van der Waals surface area contributed by atoms with Crippen LogP contribution in [0.3, 0.4) is 0 Å². The highest BCUT2D eigenvalue weighted by Gasteiger charge is 2.33. The van der Waals surface area contributed by atoms with E-state index in [2.05, 4.69) is 5.32 Å². The largest absolute Gasteiger partial charge is 0.350 e. The van der Waals surface area contributed by atoms with Crippen LogP contribution in [0.25, 0.3) is 0 Å². The quantitative estimate of drug-likeness (QED) is 0.894. The number of benzene rings is 2. The fraction of sp³-hybridized carbons (Fsp3) is 0.300. The Morgan fingerprint density at radius 2 is 1.88 bits per heavy atom. The van der Waals surface area contributed by atoms with E-state index < -0.39 is 0 Å². The highest BCUT2D eigenvalue weighted by atomic mass is 32.2. The zero-order chi connectivity index (χ0) is 17.8. The third-order valence-electron chi connectivity index (χ3n) is 4.25. The molecule has 0 saturated carbocycles. The first-order valence-electron chi connectivity index (χ1n) is 8.47. The monoisotopic (exact) mass is 354 g/mol. The molecular formula is C20H22N2O2S. The Morgan fingerprint density at radius 3 is 2.60 bits per heavy atom. The Kier molecular flexibility index (Phi) is 5.43. The Bertz CT molecular complexity index is 774. The van der Waals surface area contributed by atoms with E-state index >= 15 is 0 Å². The Hall–Kier alpha value is -2.27. The van der Waals surface area contributed by atoms with Gasteiger partial charge in [-0.3, -0.25) is 9.59 Å². The molecule has 2 aromatic rings. The Morgan fingerprint density at radius 1 is 1.16 bits per heavy atom. The lowest BCUT2D eigenvalue weighted by Crippen LogP contribution is -2.46. The van der Waals surface area contributed by atoms with E-state index in [-0.39, 0.29) is 23.6 Å². The van der Waals surface area contributed by atoms with Crippen LogP contribution in [-0.2, 0) is 16.1 Å². The van der Waals surface area contributed by atoms with Crippen molar-refractivity contribution in [2.24, 2.45) is 0 Å². The molecule has 1 aliphatic rings. The van der Waals surface area contributed by atoms with Gasteiger partial charge in [-0.15, -0.1) is 11.8 Å². The lowest BCUT2D eigenvalue weighted by atomic mass is 10.1. The summed E-state index contributed by atoms with van der Waals surface area (Å²) >= 11 is 1.58. The molecule has 0 unspecified atom stereocenters. The van der Waals surface area contributed by atoms with Crippen molar-refractivity contribution in [3.05, 3.63) is 59.7 Å². The Balaban J connectivity index is 1.69. The second-order valence-electron chi connectivity index (χ2n) is 6.17. The smallest absolute Gasteiger partial charge is 0.240 e. The number of aryl methyl sites for hydroxylation is 1. The summed E-state index contributed by atoms with van der Waals surface area (Å²) in [5, 5.41) is 2.79. The number of nitrogens with zero attached hydrogens (tertiary/aromatic N) is 1. The van der Waals surface area contributed by atoms with Gasteiger partial charge < -0.3 is 10.2 Å². The van der Waals surface area contributed by atoms with Crippen molar-refractivity contribution < 1.29 is 9.59 Å². The number of fused-ring (bicyclic) bond motifs is 1. The van der Waals surface area contributed by atoms with Gasteiger partial charge in [-0.2, -0.15) is 0 Å². The van der Waals surface area contributed by atoms with Crippen molar-refractivity contribution in [3.8, 4) is 0 Å². The van der Waals surface area contributed by atoms with Crippen LogP contribution in [-0.4, -0.2) is 23.6 Å². The van der Waals surface area contributed by atoms with Gasteiger partial charge in [-0.05, 0) is 31.0 Å². The molecule has 1 atom stereocenters. The van der Waals surface area contributed by atoms with Crippen molar-refractivity contribution in [1.82, 2.24) is 5.32 Å². The summed E-state index contributed by atoms with van der Waals surface area (Å²) in [5.74, 6) is -0.137. The minimum Gasteiger partial charge on any atom is -0.350 e. The van der Waals surface area contributed by atoms with E-state index in [4.69, 9.17) is 0 Å². The highest BCUT2D eigenvalue weighted by Crippen LogP contribution is 2.39. The fourth-order valence-corrected chi connectivity index (χ4v) is 3.96. The number of nitrogens with one attached hydrogen (secondary N) is 1. The second-order valence-corrected chi connectivity index (χ2v) is 7.41. The number of carbonyl (C=O) groups is 2. The predicted octanol–water partition coefficient (Wildman–Crippen LogP) is 3.53. The molecule has 1 heterocycles. The van der Waals surface area contributed by atoms with Crippen LogP contribution in [0.2, 0.25) is 0 Å². The zero-order valence-electron chi connectivity index (χ0n) is 14.5. The van der Waals surface area contributed by atoms with Crippen molar-refractivity contribution in [1.29, 1.82) is 0 Å². The molecule has 0 fully saturated rings. The van der Waals surface area contributed by atoms with Crippen molar-refractivity contribution in [2.75, 3.05) is 11.4 Å². The van der Waals surface area contributed by atoms with Crippen LogP contribution >= 0.6 is 11.8 Å². The average Bonchev–Trinajstić information content (AvgIpc) is 2.63. The van der Waals surface area contributed by atoms with E-state index in [1.54, 1.807) is 16.7 Å². The highest BCUT2D eigenvalue weighted by molar-refractivity contribution is 8.01. The van der Waals surface area contributed by atoms with Gasteiger partial charge in [-0.1, -0.05) is 48.9 Å². The first-order valence-corrected chi connectivity index (χ1v) is 9.35. The molecule has 4 nitrogen and oxygen atoms in total. The summed E-state index contributed by atoms with van der Waals surface area (Å²) in [4.78, 5) is 27.8. The topological polar surface area (TPSA) is 49.4 Å². The maximum atomic E-state index is 12.7. The minimum atomic E-state index is -0.148. The van der Waals surface area contributed by atoms with Crippen LogP contribution in [0.4, 0.5) is 5.69 Å². The van der Waals surface area contributed by atoms with Crippen LogP contribution in [0.1, 0.15) is 24.5 Å². The summed E-state index contributed by atoms with van der Waals surface area (Å²) in [6.45, 7) is 4.55. The minimum absolute atomic E-state index is 0.0108. The van der Waals surface area contributed by atoms with Crippen molar-refractivity contribution >= 4 is 29.3 Å². The number of rotatable bonds is 5. The molecule has 2 aromatic carbocycles. The molecule has 1 N–H and O–H groups in total. The predicted molar refractivity (Wildman–Crippen MR) is 102 cm³/mol. The first kappa shape index (κ1) is 17.5. The molecule has 0 aliphatic carbocycles. The number of para-hydroxylation sites is 1. The van der Waals surface area contributed by atoms with Gasteiger partial charge in [-0.25, -0.2) is 0 Å². The van der Waals surface area contributed by atoms with Crippen LogP contribution in [0.5, 0.6) is 0 Å². The first-order chi connectivity index (χ1) is 12.1. The van der Waals surface area contributed by atoms with E-state index in [0.717, 1.165) is 22.6 Å². The molecule has 2 amide bonds. The second kappa shape index (κ2) is 7.74. The summed E-state index contributed by atoms with van der Waals surface area (Å²) < 4.78 is 0. The van der Waals surface area contributed by atoms with Crippen molar-refractivity contribution in [2.45, 2.75) is 37.0 Å². The van der Waals surface area contributed by atoms with Crippen LogP contribution in [0.15, 0.2) is 53.4 Å². The maximum absolute atomic E-state index is 12.7. The van der Waals surface area contributed by atoms with Crippen molar-refractivity contribution in [3.63, 3.8) is 0 Å². The summed E-state index contributed by atoms with van der Waals surface area (Å²) in [6, 6.07) is 15.8. The van der Waals surface area contributed by atoms with Crippen LogP contribution in [0, 0.1) is 6.92 Å². The van der Waals surface area contributed by atoms with E-state index in [1.165, 1.54) is 5.56 Å². The molecule has 3 rings (SSSR count). The molecule has 0 saturated heterocycles. The third-order valence-corrected chi connectivity index (χ3v) is 5.67. The number of hydrogen-bond acceptors (Lipinski definition) is 3. The lowest BCUT2D eigenvalue weighted by molar-refractivity contribution is -0.123. The molecule has 0 bridgehead atoms.